The first-order valence-electron chi connectivity index (χ1n) is 9.40. The van der Waals surface area contributed by atoms with Crippen molar-refractivity contribution in [2.45, 2.75) is 58.5 Å². The molecule has 1 nitrogen and oxygen atoms in total. The lowest BCUT2D eigenvalue weighted by atomic mass is 9.87. The molecule has 0 saturated heterocycles. The summed E-state index contributed by atoms with van der Waals surface area (Å²) in [5, 5.41) is 0. The lowest BCUT2D eigenvalue weighted by molar-refractivity contribution is -0.949. The van der Waals surface area contributed by atoms with E-state index in [1.807, 2.05) is 0 Å². The molecule has 2 aromatic carbocycles. The van der Waals surface area contributed by atoms with Gasteiger partial charge >= 0.3 is 0 Å². The van der Waals surface area contributed by atoms with Crippen molar-refractivity contribution in [1.29, 1.82) is 0 Å². The van der Waals surface area contributed by atoms with Gasteiger partial charge in [0.05, 0.1) is 25.7 Å². The highest BCUT2D eigenvalue weighted by molar-refractivity contribution is 5.32. The Kier molecular flexibility index (Phi) is 6.62. The minimum Gasteiger partial charge on any atom is -0.322 e. The van der Waals surface area contributed by atoms with Gasteiger partial charge in [0, 0.05) is 5.92 Å². The minimum atomic E-state index is 0.500. The third-order valence-electron chi connectivity index (χ3n) is 5.90. The molecule has 130 valence electrons. The smallest absolute Gasteiger partial charge is 0.0833 e. The summed E-state index contributed by atoms with van der Waals surface area (Å²) in [4.78, 5) is 0. The van der Waals surface area contributed by atoms with E-state index in [0.717, 1.165) is 4.48 Å². The molecule has 0 atom stereocenters. The highest BCUT2D eigenvalue weighted by Crippen LogP contribution is 2.30. The Morgan fingerprint density at radius 3 is 1.50 bits per heavy atom. The number of rotatable bonds is 8. The van der Waals surface area contributed by atoms with Gasteiger partial charge in [0.25, 0.3) is 0 Å². The van der Waals surface area contributed by atoms with Crippen LogP contribution in [-0.2, 0) is 0 Å². The first-order chi connectivity index (χ1) is 11.4. The number of quaternary nitrogens is 1. The minimum absolute atomic E-state index is 0.500. The Balaban J connectivity index is 2.13. The van der Waals surface area contributed by atoms with E-state index in [4.69, 9.17) is 0 Å². The zero-order chi connectivity index (χ0) is 17.6. The van der Waals surface area contributed by atoms with Gasteiger partial charge in [0.15, 0.2) is 0 Å². The van der Waals surface area contributed by atoms with Crippen molar-refractivity contribution >= 4 is 0 Å². The summed E-state index contributed by atoms with van der Waals surface area (Å²) in [5.41, 5.74) is 2.87. The second kappa shape index (κ2) is 8.48. The van der Waals surface area contributed by atoms with Crippen LogP contribution in [-0.4, -0.2) is 30.2 Å². The van der Waals surface area contributed by atoms with Gasteiger partial charge < -0.3 is 4.48 Å². The molecule has 0 aliphatic carbocycles. The lowest BCUT2D eigenvalue weighted by Gasteiger charge is -2.42. The first kappa shape index (κ1) is 18.7. The summed E-state index contributed by atoms with van der Waals surface area (Å²) in [6.45, 7) is 10.7. The summed E-state index contributed by atoms with van der Waals surface area (Å²) < 4.78 is 1.15. The van der Waals surface area contributed by atoms with Crippen molar-refractivity contribution in [2.24, 2.45) is 0 Å². The van der Waals surface area contributed by atoms with Crippen LogP contribution in [0.15, 0.2) is 60.7 Å². The summed E-state index contributed by atoms with van der Waals surface area (Å²) in [5.74, 6) is 0.500. The summed E-state index contributed by atoms with van der Waals surface area (Å²) in [6, 6.07) is 23.3. The van der Waals surface area contributed by atoms with E-state index in [-0.39, 0.29) is 0 Å². The zero-order valence-electron chi connectivity index (χ0n) is 16.1. The van der Waals surface area contributed by atoms with Gasteiger partial charge in [-0.15, -0.1) is 0 Å². The van der Waals surface area contributed by atoms with E-state index in [1.165, 1.54) is 30.5 Å². The third kappa shape index (κ3) is 4.48. The predicted molar refractivity (Wildman–Crippen MR) is 105 cm³/mol. The maximum atomic E-state index is 2.41. The van der Waals surface area contributed by atoms with Gasteiger partial charge in [-0.1, -0.05) is 60.7 Å². The molecule has 24 heavy (non-hydrogen) atoms. The molecule has 2 rings (SSSR count). The van der Waals surface area contributed by atoms with E-state index < -0.39 is 0 Å². The number of nitrogens with zero attached hydrogens (tertiary/aromatic N) is 1. The maximum Gasteiger partial charge on any atom is 0.0833 e. The second-order valence-corrected chi connectivity index (χ2v) is 7.77. The van der Waals surface area contributed by atoms with Crippen molar-refractivity contribution in [2.75, 3.05) is 13.6 Å². The van der Waals surface area contributed by atoms with Crippen molar-refractivity contribution < 1.29 is 4.48 Å². The van der Waals surface area contributed by atoms with Gasteiger partial charge in [-0.3, -0.25) is 0 Å². The number of benzene rings is 2. The largest absolute Gasteiger partial charge is 0.322 e. The fourth-order valence-corrected chi connectivity index (χ4v) is 3.65. The molecule has 0 aromatic heterocycles. The van der Waals surface area contributed by atoms with Gasteiger partial charge in [0.1, 0.15) is 0 Å². The van der Waals surface area contributed by atoms with Crippen LogP contribution in [0.25, 0.3) is 0 Å². The molecule has 0 N–H and O–H groups in total. The molecule has 1 heteroatoms. The summed E-state index contributed by atoms with van der Waals surface area (Å²) in [6.07, 6.45) is 2.46. The topological polar surface area (TPSA) is 0 Å². The van der Waals surface area contributed by atoms with E-state index in [9.17, 15) is 0 Å². The molecule has 0 unspecified atom stereocenters. The Morgan fingerprint density at radius 1 is 0.708 bits per heavy atom. The Morgan fingerprint density at radius 2 is 1.12 bits per heavy atom. The van der Waals surface area contributed by atoms with E-state index in [1.54, 1.807) is 0 Å². The SMILES string of the molecule is CC(C)[N+](C)(CCCC(c1ccccc1)c1ccccc1)C(C)C. The molecule has 0 fully saturated rings. The Hall–Kier alpha value is -1.60. The molecule has 0 heterocycles. The van der Waals surface area contributed by atoms with Crippen molar-refractivity contribution in [1.82, 2.24) is 0 Å². The highest BCUT2D eigenvalue weighted by Gasteiger charge is 2.29. The van der Waals surface area contributed by atoms with Gasteiger partial charge in [0.2, 0.25) is 0 Å². The molecule has 0 bridgehead atoms. The summed E-state index contributed by atoms with van der Waals surface area (Å²) >= 11 is 0. The van der Waals surface area contributed by atoms with Crippen LogP contribution in [0.4, 0.5) is 0 Å². The quantitative estimate of drug-likeness (QED) is 0.533. The Labute approximate surface area is 148 Å². The molecule has 0 spiro atoms. The van der Waals surface area contributed by atoms with E-state index >= 15 is 0 Å². The molecule has 0 aliphatic heterocycles. The number of hydrogen-bond donors (Lipinski definition) is 0. The van der Waals surface area contributed by atoms with Crippen LogP contribution in [0.5, 0.6) is 0 Å². The molecule has 0 radical (unpaired) electrons. The van der Waals surface area contributed by atoms with Gasteiger partial charge in [-0.25, -0.2) is 0 Å². The van der Waals surface area contributed by atoms with Crippen LogP contribution in [0.1, 0.15) is 57.6 Å². The van der Waals surface area contributed by atoms with Gasteiger partial charge in [-0.2, -0.15) is 0 Å². The molecule has 2 aromatic rings. The average Bonchev–Trinajstić information content (AvgIpc) is 2.59. The van der Waals surface area contributed by atoms with Crippen LogP contribution >= 0.6 is 0 Å². The molecule has 0 amide bonds. The normalized spacial score (nSPS) is 12.3. The third-order valence-corrected chi connectivity index (χ3v) is 5.90. The number of hydrogen-bond acceptors (Lipinski definition) is 0. The monoisotopic (exact) mass is 324 g/mol. The maximum absolute atomic E-state index is 2.41. The van der Waals surface area contributed by atoms with Crippen LogP contribution in [0.3, 0.4) is 0 Å². The molecule has 0 saturated carbocycles. The van der Waals surface area contributed by atoms with Crippen molar-refractivity contribution in [3.8, 4) is 0 Å². The van der Waals surface area contributed by atoms with Crippen LogP contribution in [0, 0.1) is 0 Å². The Bertz CT molecular complexity index is 538. The van der Waals surface area contributed by atoms with Gasteiger partial charge in [-0.05, 0) is 51.7 Å². The zero-order valence-corrected chi connectivity index (χ0v) is 16.1. The fourth-order valence-electron chi connectivity index (χ4n) is 3.65. The fraction of sp³-hybridized carbons (Fsp3) is 0.478. The second-order valence-electron chi connectivity index (χ2n) is 7.77. The van der Waals surface area contributed by atoms with E-state index in [2.05, 4.69) is 95.4 Å². The van der Waals surface area contributed by atoms with Crippen molar-refractivity contribution in [3.05, 3.63) is 71.8 Å². The van der Waals surface area contributed by atoms with Crippen LogP contribution in [0.2, 0.25) is 0 Å². The predicted octanol–water partition coefficient (Wildman–Crippen LogP) is 5.86. The first-order valence-corrected chi connectivity index (χ1v) is 9.40. The van der Waals surface area contributed by atoms with Crippen LogP contribution < -0.4 is 0 Å². The molecular weight excluding hydrogens is 290 g/mol. The molecule has 0 aliphatic rings. The van der Waals surface area contributed by atoms with E-state index in [0.29, 0.717) is 18.0 Å². The summed E-state index contributed by atoms with van der Waals surface area (Å²) in [7, 11) is 2.41. The lowest BCUT2D eigenvalue weighted by Crippen LogP contribution is -2.55. The average molecular weight is 325 g/mol. The standard InChI is InChI=1S/C23H34N/c1-19(2)24(5,20(3)4)18-12-17-23(21-13-8-6-9-14-21)22-15-10-7-11-16-22/h6-11,13-16,19-20,23H,12,17-18H2,1-5H3/q+1. The highest BCUT2D eigenvalue weighted by atomic mass is 15.4. The van der Waals surface area contributed by atoms with Crippen molar-refractivity contribution in [3.63, 3.8) is 0 Å². The molecular formula is C23H34N+.